The van der Waals surface area contributed by atoms with Gasteiger partial charge in [-0.15, -0.1) is 0 Å². The number of benzene rings is 1. The molecular weight excluding hydrogens is 551 g/mol. The molecule has 2 saturated heterocycles. The number of aliphatic hydroxyl groups excluding tert-OH is 1. The van der Waals surface area contributed by atoms with E-state index in [0.29, 0.717) is 0 Å². The highest BCUT2D eigenvalue weighted by molar-refractivity contribution is 8.56. The number of imidazole rings is 1. The molecule has 14 nitrogen and oxygen atoms in total. The Balaban J connectivity index is 1.23. The summed E-state index contributed by atoms with van der Waals surface area (Å²) in [4.78, 5) is 25.0. The minimum atomic E-state index is -3.53. The highest BCUT2D eigenvalue weighted by Crippen LogP contribution is 2.61. The van der Waals surface area contributed by atoms with Gasteiger partial charge in [0, 0.05) is 5.75 Å². The Morgan fingerprint density at radius 1 is 1.38 bits per heavy atom. The first kappa shape index (κ1) is 27.8. The van der Waals surface area contributed by atoms with Gasteiger partial charge in [-0.2, -0.15) is 9.97 Å². The van der Waals surface area contributed by atoms with Crippen molar-refractivity contribution in [2.45, 2.75) is 50.0 Å². The number of esters is 1. The van der Waals surface area contributed by atoms with Gasteiger partial charge in [0.25, 0.3) is 0 Å². The summed E-state index contributed by atoms with van der Waals surface area (Å²) < 4.78 is 37.0. The van der Waals surface area contributed by atoms with E-state index < -0.39 is 48.9 Å². The van der Waals surface area contributed by atoms with Gasteiger partial charge in [0.1, 0.15) is 30.0 Å². The van der Waals surface area contributed by atoms with Crippen molar-refractivity contribution < 1.29 is 38.3 Å². The minimum absolute atomic E-state index is 0.0761. The van der Waals surface area contributed by atoms with Crippen molar-refractivity contribution >= 4 is 41.2 Å². The van der Waals surface area contributed by atoms with Gasteiger partial charge in [0.2, 0.25) is 11.8 Å². The molecule has 2 fully saturated rings. The quantitative estimate of drug-likeness (QED) is 0.221. The van der Waals surface area contributed by atoms with E-state index in [1.807, 2.05) is 30.3 Å². The second-order valence-electron chi connectivity index (χ2n) is 9.37. The molecule has 2 aliphatic rings. The van der Waals surface area contributed by atoms with Crippen LogP contribution in [-0.2, 0) is 23.4 Å². The van der Waals surface area contributed by atoms with Crippen LogP contribution in [0.2, 0.25) is 0 Å². The van der Waals surface area contributed by atoms with Crippen LogP contribution in [0.25, 0.3) is 11.2 Å². The van der Waals surface area contributed by atoms with Gasteiger partial charge in [-0.3, -0.25) is 13.9 Å². The van der Waals surface area contributed by atoms with Crippen LogP contribution in [0.15, 0.2) is 36.7 Å². The predicted octanol–water partition coefficient (Wildman–Crippen LogP) is 1.56. The number of hydrogen-bond acceptors (Lipinski definition) is 13. The summed E-state index contributed by atoms with van der Waals surface area (Å²) in [5, 5.41) is 24.7. The molecule has 0 spiro atoms. The van der Waals surface area contributed by atoms with E-state index in [4.69, 9.17) is 24.5 Å². The number of nitrogens with two attached hydrogens (primary N) is 1. The summed E-state index contributed by atoms with van der Waals surface area (Å²) in [7, 11) is 1.41. The molecule has 3 aromatic rings. The first-order valence-corrected chi connectivity index (χ1v) is 15.3. The zero-order valence-corrected chi connectivity index (χ0v) is 23.0. The first-order chi connectivity index (χ1) is 18.5. The fourth-order valence-electron chi connectivity index (χ4n) is 4.45. The van der Waals surface area contributed by atoms with Crippen LogP contribution in [0.5, 0.6) is 5.88 Å². The van der Waals surface area contributed by atoms with Crippen LogP contribution >= 0.6 is 18.1 Å². The number of nitrogens with one attached hydrogen (secondary N) is 1. The molecule has 0 saturated carbocycles. The molecule has 16 heteroatoms. The number of fused-ring (bicyclic) bond motifs is 1. The van der Waals surface area contributed by atoms with Crippen LogP contribution in [-0.4, -0.2) is 79.0 Å². The van der Waals surface area contributed by atoms with E-state index in [0.717, 1.165) is 16.9 Å². The Kier molecular flexibility index (Phi) is 7.59. The van der Waals surface area contributed by atoms with Gasteiger partial charge in [0.15, 0.2) is 17.4 Å². The van der Waals surface area contributed by atoms with Crippen molar-refractivity contribution in [3.05, 3.63) is 42.2 Å². The highest BCUT2D eigenvalue weighted by Gasteiger charge is 2.54. The standard InChI is InChI=1S/C23H29N6O8PS/c1-12(13-7-5-4-6-8-13)36-20(31)14-10-39-38(33,28-14)35-9-15-17(30)23(2,32)21(37-15)29-11-25-16-18(29)26-22(24)27-19(16)34-3/h4-8,11-12,14-15,17,21,30,32H,9-10H2,1-3H3,(H,28,33)(H2,24,26,27)/t12-,14?,15+,17+,21+,23+,38+/m0/s1. The number of methoxy groups -OCH3 is 1. The summed E-state index contributed by atoms with van der Waals surface area (Å²) in [5.41, 5.74) is 5.33. The Bertz CT molecular complexity index is 1410. The number of carbonyl (C=O) groups is 1. The van der Waals surface area contributed by atoms with Gasteiger partial charge >= 0.3 is 12.7 Å². The number of hydrogen-bond donors (Lipinski definition) is 4. The summed E-state index contributed by atoms with van der Waals surface area (Å²) in [6, 6.07) is 8.43. The van der Waals surface area contributed by atoms with Crippen molar-refractivity contribution in [1.29, 1.82) is 0 Å². The lowest BCUT2D eigenvalue weighted by Gasteiger charge is -2.27. The van der Waals surface area contributed by atoms with Crippen molar-refractivity contribution in [3.63, 3.8) is 0 Å². The predicted molar refractivity (Wildman–Crippen MR) is 141 cm³/mol. The number of ether oxygens (including phenoxy) is 3. The second kappa shape index (κ2) is 10.7. The Labute approximate surface area is 227 Å². The number of aromatic nitrogens is 4. The molecule has 5 rings (SSSR count). The maximum atomic E-state index is 13.3. The molecule has 1 aromatic carbocycles. The SMILES string of the molecule is COc1nc(N)nc2c1ncn2[C@@H]1O[C@H](CO[P@]2(=O)NC(C(=O)O[C@@H](C)c3ccccc3)CS2)[C@@H](O)[C@@]1(C)O. The number of rotatable bonds is 8. The van der Waals surface area contributed by atoms with Crippen molar-refractivity contribution in [2.75, 3.05) is 25.2 Å². The average Bonchev–Trinajstić information content (AvgIpc) is 3.57. The molecule has 2 aromatic heterocycles. The average molecular weight is 581 g/mol. The lowest BCUT2D eigenvalue weighted by atomic mass is 9.96. The van der Waals surface area contributed by atoms with Crippen molar-refractivity contribution in [2.24, 2.45) is 0 Å². The summed E-state index contributed by atoms with van der Waals surface area (Å²) >= 11 is 0.956. The molecule has 0 amide bonds. The normalized spacial score (nSPS) is 31.4. The van der Waals surface area contributed by atoms with Crippen LogP contribution in [0.3, 0.4) is 0 Å². The third-order valence-corrected chi connectivity index (χ3v) is 10.6. The van der Waals surface area contributed by atoms with Crippen LogP contribution in [0.1, 0.15) is 31.7 Å². The Morgan fingerprint density at radius 3 is 2.85 bits per heavy atom. The number of nitrogen functional groups attached to an aromatic ring is 1. The molecular formula is C23H29N6O8PS. The fraction of sp³-hybridized carbons (Fsp3) is 0.478. The summed E-state index contributed by atoms with van der Waals surface area (Å²) in [5.74, 6) is -0.310. The number of carbonyl (C=O) groups excluding carboxylic acids is 1. The molecule has 210 valence electrons. The number of aliphatic hydroxyl groups is 2. The fourth-order valence-corrected chi connectivity index (χ4v) is 8.33. The highest BCUT2D eigenvalue weighted by atomic mass is 32.7. The van der Waals surface area contributed by atoms with Gasteiger partial charge in [0.05, 0.1) is 20.0 Å². The molecule has 7 atom stereocenters. The Morgan fingerprint density at radius 2 is 2.13 bits per heavy atom. The largest absolute Gasteiger partial charge is 0.479 e. The zero-order chi connectivity index (χ0) is 27.9. The molecule has 0 radical (unpaired) electrons. The second-order valence-corrected chi connectivity index (χ2v) is 13.7. The van der Waals surface area contributed by atoms with E-state index in [2.05, 4.69) is 20.0 Å². The van der Waals surface area contributed by atoms with Gasteiger partial charge in [-0.05, 0) is 19.4 Å². The van der Waals surface area contributed by atoms with Gasteiger partial charge in [-0.1, -0.05) is 41.7 Å². The first-order valence-electron chi connectivity index (χ1n) is 12.0. The van der Waals surface area contributed by atoms with Gasteiger partial charge < -0.3 is 34.7 Å². The van der Waals surface area contributed by atoms with E-state index in [1.54, 1.807) is 6.92 Å². The van der Waals surface area contributed by atoms with E-state index in [-0.39, 0.29) is 35.4 Å². The molecule has 0 bridgehead atoms. The lowest BCUT2D eigenvalue weighted by molar-refractivity contribution is -0.150. The monoisotopic (exact) mass is 580 g/mol. The van der Waals surface area contributed by atoms with Crippen molar-refractivity contribution in [3.8, 4) is 5.88 Å². The van der Waals surface area contributed by atoms with Gasteiger partial charge in [-0.25, -0.2) is 10.1 Å². The van der Waals surface area contributed by atoms with Crippen LogP contribution in [0.4, 0.5) is 5.95 Å². The molecule has 4 heterocycles. The van der Waals surface area contributed by atoms with E-state index in [1.165, 1.54) is 24.9 Å². The third-order valence-electron chi connectivity index (χ3n) is 6.59. The Hall–Kier alpha value is -2.78. The topological polar surface area (TPSA) is 193 Å². The molecule has 5 N–H and O–H groups in total. The van der Waals surface area contributed by atoms with Crippen LogP contribution < -0.4 is 15.6 Å². The molecule has 1 unspecified atom stereocenters. The molecule has 2 aliphatic heterocycles. The third kappa shape index (κ3) is 5.35. The van der Waals surface area contributed by atoms with Crippen LogP contribution in [0, 0.1) is 0 Å². The van der Waals surface area contributed by atoms with Crippen molar-refractivity contribution in [1.82, 2.24) is 24.6 Å². The number of nitrogens with zero attached hydrogens (tertiary/aromatic N) is 4. The zero-order valence-electron chi connectivity index (χ0n) is 21.3. The van der Waals surface area contributed by atoms with E-state index in [9.17, 15) is 19.6 Å². The summed E-state index contributed by atoms with van der Waals surface area (Å²) in [6.07, 6.45) is -2.75. The molecule has 0 aliphatic carbocycles. The van der Waals surface area contributed by atoms with E-state index >= 15 is 0 Å². The smallest absolute Gasteiger partial charge is 0.327 e. The maximum absolute atomic E-state index is 13.3. The minimum Gasteiger partial charge on any atom is -0.479 e. The number of anilines is 1. The molecule has 39 heavy (non-hydrogen) atoms. The summed E-state index contributed by atoms with van der Waals surface area (Å²) in [6.45, 7) is -0.719. The maximum Gasteiger partial charge on any atom is 0.327 e. The lowest BCUT2D eigenvalue weighted by Crippen LogP contribution is -2.44.